The van der Waals surface area contributed by atoms with Crippen molar-refractivity contribution in [2.24, 2.45) is 0 Å². The third-order valence-electron chi connectivity index (χ3n) is 4.31. The molecule has 0 bridgehead atoms. The highest BCUT2D eigenvalue weighted by atomic mass is 32.2. The van der Waals surface area contributed by atoms with Crippen LogP contribution in [0.2, 0.25) is 0 Å². The maximum atomic E-state index is 14.0. The molecule has 3 rings (SSSR count). The summed E-state index contributed by atoms with van der Waals surface area (Å²) in [6.07, 6.45) is 0.188. The Morgan fingerprint density at radius 2 is 1.59 bits per heavy atom. The van der Waals surface area contributed by atoms with Gasteiger partial charge in [-0.25, -0.2) is 8.42 Å². The standard InChI is InChI=1S/C15H16F4N4O3S/c1-8-13(9(2)26-21-8)27(24,25)23-5-3-4-22(6-7-23)12-10(16)14(18)20-15(19)11(12)17/h3-7H2,1-2H3. The Kier molecular flexibility index (Phi) is 5.12. The SMILES string of the molecule is Cc1noc(C)c1S(=O)(=O)N1CCCN(c2c(F)c(F)nc(F)c2F)CC1. The number of anilines is 1. The van der Waals surface area contributed by atoms with E-state index in [1.807, 2.05) is 0 Å². The molecule has 0 unspecified atom stereocenters. The smallest absolute Gasteiger partial charge is 0.253 e. The molecule has 1 aliphatic rings. The molecule has 1 saturated heterocycles. The van der Waals surface area contributed by atoms with Gasteiger partial charge >= 0.3 is 0 Å². The Bertz CT molecular complexity index is 934. The lowest BCUT2D eigenvalue weighted by Gasteiger charge is -2.24. The fourth-order valence-corrected chi connectivity index (χ4v) is 4.84. The maximum Gasteiger partial charge on any atom is 0.253 e. The number of hydrogen-bond acceptors (Lipinski definition) is 6. The highest BCUT2D eigenvalue weighted by Gasteiger charge is 2.34. The lowest BCUT2D eigenvalue weighted by molar-refractivity contribution is 0.388. The molecule has 2 aromatic rings. The fraction of sp³-hybridized carbons (Fsp3) is 0.467. The summed E-state index contributed by atoms with van der Waals surface area (Å²) in [5, 5.41) is 3.63. The Labute approximate surface area is 152 Å². The van der Waals surface area contributed by atoms with Crippen LogP contribution in [-0.4, -0.2) is 49.0 Å². The summed E-state index contributed by atoms with van der Waals surface area (Å²) >= 11 is 0. The van der Waals surface area contributed by atoms with Gasteiger partial charge in [-0.3, -0.25) is 0 Å². The summed E-state index contributed by atoms with van der Waals surface area (Å²) in [7, 11) is -3.94. The predicted molar refractivity (Wildman–Crippen MR) is 85.6 cm³/mol. The first-order valence-electron chi connectivity index (χ1n) is 8.02. The van der Waals surface area contributed by atoms with Gasteiger partial charge in [-0.2, -0.15) is 26.9 Å². The molecular formula is C15H16F4N4O3S. The molecule has 7 nitrogen and oxygen atoms in total. The minimum Gasteiger partial charge on any atom is -0.365 e. The molecule has 0 aliphatic carbocycles. The first-order valence-corrected chi connectivity index (χ1v) is 9.46. The number of pyridine rings is 1. The minimum atomic E-state index is -3.94. The topological polar surface area (TPSA) is 79.5 Å². The molecule has 0 aromatic carbocycles. The first kappa shape index (κ1) is 19.5. The van der Waals surface area contributed by atoms with Crippen molar-refractivity contribution >= 4 is 15.7 Å². The molecule has 0 atom stereocenters. The molecule has 27 heavy (non-hydrogen) atoms. The highest BCUT2D eigenvalue weighted by molar-refractivity contribution is 7.89. The zero-order chi connectivity index (χ0) is 19.9. The molecule has 0 N–H and O–H groups in total. The van der Waals surface area contributed by atoms with Crippen LogP contribution in [0.15, 0.2) is 9.42 Å². The van der Waals surface area contributed by atoms with Gasteiger partial charge in [0.1, 0.15) is 16.3 Å². The maximum absolute atomic E-state index is 14.0. The van der Waals surface area contributed by atoms with Gasteiger partial charge < -0.3 is 9.42 Å². The number of aryl methyl sites for hydroxylation is 2. The van der Waals surface area contributed by atoms with Gasteiger partial charge in [0.25, 0.3) is 11.9 Å². The quantitative estimate of drug-likeness (QED) is 0.572. The van der Waals surface area contributed by atoms with Crippen LogP contribution in [0.4, 0.5) is 23.2 Å². The first-order chi connectivity index (χ1) is 12.6. The van der Waals surface area contributed by atoms with E-state index in [0.29, 0.717) is 0 Å². The number of halogens is 4. The van der Waals surface area contributed by atoms with Crippen molar-refractivity contribution in [3.05, 3.63) is 35.0 Å². The van der Waals surface area contributed by atoms with E-state index >= 15 is 0 Å². The highest BCUT2D eigenvalue weighted by Crippen LogP contribution is 2.29. The largest absolute Gasteiger partial charge is 0.365 e. The van der Waals surface area contributed by atoms with Crippen LogP contribution in [0.25, 0.3) is 0 Å². The zero-order valence-corrected chi connectivity index (χ0v) is 15.3. The second-order valence-corrected chi connectivity index (χ2v) is 7.94. The van der Waals surface area contributed by atoms with E-state index in [1.54, 1.807) is 0 Å². The molecule has 3 heterocycles. The van der Waals surface area contributed by atoms with Crippen molar-refractivity contribution in [2.45, 2.75) is 25.2 Å². The van der Waals surface area contributed by atoms with Crippen LogP contribution in [0.3, 0.4) is 0 Å². The van der Waals surface area contributed by atoms with Gasteiger partial charge in [0, 0.05) is 26.2 Å². The van der Waals surface area contributed by atoms with Crippen LogP contribution >= 0.6 is 0 Å². The summed E-state index contributed by atoms with van der Waals surface area (Å²) in [4.78, 5) is 3.54. The van der Waals surface area contributed by atoms with Gasteiger partial charge in [0.2, 0.25) is 21.7 Å². The van der Waals surface area contributed by atoms with Crippen LogP contribution in [0.1, 0.15) is 17.9 Å². The molecule has 148 valence electrons. The molecule has 0 saturated carbocycles. The third-order valence-corrected chi connectivity index (χ3v) is 6.45. The minimum absolute atomic E-state index is 0.00432. The van der Waals surface area contributed by atoms with Crippen molar-refractivity contribution in [3.8, 4) is 0 Å². The number of sulfonamides is 1. The van der Waals surface area contributed by atoms with Crippen LogP contribution in [-0.2, 0) is 10.0 Å². The van der Waals surface area contributed by atoms with Crippen molar-refractivity contribution in [2.75, 3.05) is 31.1 Å². The van der Waals surface area contributed by atoms with Gasteiger partial charge in [-0.15, -0.1) is 0 Å². The second kappa shape index (κ2) is 7.08. The van der Waals surface area contributed by atoms with E-state index in [9.17, 15) is 26.0 Å². The monoisotopic (exact) mass is 408 g/mol. The number of nitrogens with zero attached hydrogens (tertiary/aromatic N) is 4. The summed E-state index contributed by atoms with van der Waals surface area (Å²) in [5.74, 6) is -6.61. The molecule has 0 radical (unpaired) electrons. The lowest BCUT2D eigenvalue weighted by atomic mass is 10.3. The van der Waals surface area contributed by atoms with Crippen LogP contribution in [0, 0.1) is 37.4 Å². The van der Waals surface area contributed by atoms with Gasteiger partial charge in [-0.05, 0) is 20.3 Å². The summed E-state index contributed by atoms with van der Waals surface area (Å²) in [6.45, 7) is 2.70. The normalized spacial score (nSPS) is 16.6. The molecule has 2 aromatic heterocycles. The van der Waals surface area contributed by atoms with E-state index in [0.717, 1.165) is 9.21 Å². The van der Waals surface area contributed by atoms with Gasteiger partial charge in [0.05, 0.1) is 0 Å². The van der Waals surface area contributed by atoms with Crippen LogP contribution < -0.4 is 4.90 Å². The zero-order valence-electron chi connectivity index (χ0n) is 14.5. The second-order valence-electron chi connectivity index (χ2n) is 6.07. The number of aromatic nitrogens is 2. The van der Waals surface area contributed by atoms with Crippen molar-refractivity contribution in [3.63, 3.8) is 0 Å². The predicted octanol–water partition coefficient (Wildman–Crippen LogP) is 2.14. The molecule has 0 spiro atoms. The molecular weight excluding hydrogens is 392 g/mol. The van der Waals surface area contributed by atoms with Gasteiger partial charge in [-0.1, -0.05) is 5.16 Å². The van der Waals surface area contributed by atoms with E-state index in [4.69, 9.17) is 4.52 Å². The van der Waals surface area contributed by atoms with Crippen molar-refractivity contribution in [1.29, 1.82) is 0 Å². The number of rotatable bonds is 3. The van der Waals surface area contributed by atoms with E-state index < -0.39 is 39.2 Å². The average Bonchev–Trinajstić information content (AvgIpc) is 2.80. The summed E-state index contributed by atoms with van der Waals surface area (Å²) in [5.41, 5.74) is -0.694. The Morgan fingerprint density at radius 1 is 0.963 bits per heavy atom. The van der Waals surface area contributed by atoms with E-state index in [-0.39, 0.29) is 48.9 Å². The molecule has 0 amide bonds. The lowest BCUT2D eigenvalue weighted by Crippen LogP contribution is -2.36. The van der Waals surface area contributed by atoms with Crippen LogP contribution in [0.5, 0.6) is 0 Å². The summed E-state index contributed by atoms with van der Waals surface area (Å²) in [6, 6.07) is 0. The third kappa shape index (κ3) is 3.38. The van der Waals surface area contributed by atoms with Crippen molar-refractivity contribution in [1.82, 2.24) is 14.4 Å². The van der Waals surface area contributed by atoms with E-state index in [2.05, 4.69) is 10.1 Å². The Hall–Kier alpha value is -2.21. The van der Waals surface area contributed by atoms with E-state index in [1.165, 1.54) is 13.8 Å². The fourth-order valence-electron chi connectivity index (χ4n) is 3.08. The Balaban J connectivity index is 1.89. The van der Waals surface area contributed by atoms with Gasteiger partial charge in [0.15, 0.2) is 5.76 Å². The van der Waals surface area contributed by atoms with Crippen molar-refractivity contribution < 1.29 is 30.5 Å². The number of hydrogen-bond donors (Lipinski definition) is 0. The summed E-state index contributed by atoms with van der Waals surface area (Å²) < 4.78 is 86.5. The molecule has 1 aliphatic heterocycles. The molecule has 12 heteroatoms. The Morgan fingerprint density at radius 3 is 2.15 bits per heavy atom. The molecule has 1 fully saturated rings. The average molecular weight is 408 g/mol.